The second-order valence-corrected chi connectivity index (χ2v) is 12.2. The standard InChI is InChI=1S/C31H20Br2O4/c32-30-23-17-9-7-15-21(23)29(30)22-16-8-10-18-24(22)31(29,33)26(37-28(35)20-13-5-2-6-14-20)25(30)36-27(34)19-11-3-1-4-12-19/h1-18,25-26H. The Morgan fingerprint density at radius 2 is 0.838 bits per heavy atom. The van der Waals surface area contributed by atoms with Crippen LogP contribution in [0.5, 0.6) is 0 Å². The monoisotopic (exact) mass is 614 g/mol. The fourth-order valence-corrected chi connectivity index (χ4v) is 9.78. The lowest BCUT2D eigenvalue weighted by Crippen LogP contribution is -2.68. The topological polar surface area (TPSA) is 52.6 Å². The van der Waals surface area contributed by atoms with Crippen LogP contribution in [0.15, 0.2) is 109 Å². The minimum absolute atomic E-state index is 0.439. The van der Waals surface area contributed by atoms with E-state index in [4.69, 9.17) is 9.47 Å². The first kappa shape index (κ1) is 22.9. The van der Waals surface area contributed by atoms with Crippen LogP contribution in [0.25, 0.3) is 0 Å². The van der Waals surface area contributed by atoms with Crippen LogP contribution in [0.1, 0.15) is 43.0 Å². The number of hydrogen-bond donors (Lipinski definition) is 0. The normalized spacial score (nSPS) is 29.9. The number of benzene rings is 4. The van der Waals surface area contributed by atoms with E-state index in [2.05, 4.69) is 56.1 Å². The molecule has 0 amide bonds. The number of hydrogen-bond acceptors (Lipinski definition) is 4. The van der Waals surface area contributed by atoms with Gasteiger partial charge in [0.1, 0.15) is 8.65 Å². The van der Waals surface area contributed by atoms with Crippen molar-refractivity contribution in [1.29, 1.82) is 0 Å². The molecule has 1 fully saturated rings. The van der Waals surface area contributed by atoms with Crippen LogP contribution < -0.4 is 0 Å². The first-order chi connectivity index (χ1) is 18.0. The molecule has 1 spiro atoms. The van der Waals surface area contributed by atoms with Crippen LogP contribution in [-0.4, -0.2) is 24.1 Å². The maximum Gasteiger partial charge on any atom is 0.338 e. The highest BCUT2D eigenvalue weighted by Crippen LogP contribution is 2.85. The number of esters is 2. The molecule has 7 rings (SSSR count). The van der Waals surface area contributed by atoms with Crippen molar-refractivity contribution in [2.75, 3.05) is 0 Å². The molecule has 0 heterocycles. The summed E-state index contributed by atoms with van der Waals surface area (Å²) in [5, 5.41) is 0. The molecular formula is C31H20Br2O4. The van der Waals surface area contributed by atoms with Crippen molar-refractivity contribution in [2.24, 2.45) is 0 Å². The molecular weight excluding hydrogens is 596 g/mol. The van der Waals surface area contributed by atoms with Gasteiger partial charge in [-0.25, -0.2) is 9.59 Å². The molecule has 4 atom stereocenters. The van der Waals surface area contributed by atoms with Gasteiger partial charge < -0.3 is 9.47 Å². The average molecular weight is 616 g/mol. The summed E-state index contributed by atoms with van der Waals surface area (Å²) in [6, 6.07) is 34.1. The smallest absolute Gasteiger partial charge is 0.338 e. The van der Waals surface area contributed by atoms with Gasteiger partial charge in [0.05, 0.1) is 16.5 Å². The molecule has 4 unspecified atom stereocenters. The SMILES string of the molecule is O=C(OC1C(OC(=O)c2ccccc2)C2(Br)c3ccccc3C23c2ccccc2C13Br)c1ccccc1. The van der Waals surface area contributed by atoms with Gasteiger partial charge in [-0.15, -0.1) is 0 Å². The van der Waals surface area contributed by atoms with E-state index in [1.165, 1.54) is 0 Å². The molecule has 0 radical (unpaired) electrons. The fourth-order valence-electron chi connectivity index (χ4n) is 6.68. The summed E-state index contributed by atoms with van der Waals surface area (Å²) < 4.78 is 11.0. The van der Waals surface area contributed by atoms with Gasteiger partial charge in [-0.2, -0.15) is 0 Å². The van der Waals surface area contributed by atoms with Crippen LogP contribution in [0, 0.1) is 0 Å². The van der Waals surface area contributed by atoms with E-state index >= 15 is 0 Å². The first-order valence-corrected chi connectivity index (χ1v) is 13.6. The summed E-state index contributed by atoms with van der Waals surface area (Å²) in [5.74, 6) is -0.933. The zero-order chi connectivity index (χ0) is 25.4. The molecule has 4 nitrogen and oxygen atoms in total. The molecule has 3 aliphatic rings. The maximum atomic E-state index is 13.4. The Bertz CT molecular complexity index is 1450. The van der Waals surface area contributed by atoms with E-state index < -0.39 is 38.2 Å². The Morgan fingerprint density at radius 3 is 1.22 bits per heavy atom. The molecule has 1 saturated carbocycles. The first-order valence-electron chi connectivity index (χ1n) is 12.1. The van der Waals surface area contributed by atoms with Gasteiger partial charge in [0.15, 0.2) is 12.2 Å². The van der Waals surface area contributed by atoms with E-state index in [1.807, 2.05) is 36.4 Å². The summed E-state index contributed by atoms with van der Waals surface area (Å²) in [6.45, 7) is 0. The largest absolute Gasteiger partial charge is 0.453 e. The van der Waals surface area contributed by atoms with Crippen molar-refractivity contribution >= 4 is 43.8 Å². The number of ether oxygens (including phenoxy) is 2. The highest BCUT2D eigenvalue weighted by molar-refractivity contribution is 9.10. The second kappa shape index (κ2) is 7.89. The van der Waals surface area contributed by atoms with Crippen molar-refractivity contribution in [2.45, 2.75) is 26.3 Å². The zero-order valence-corrected chi connectivity index (χ0v) is 22.6. The van der Waals surface area contributed by atoms with Crippen molar-refractivity contribution in [1.82, 2.24) is 0 Å². The van der Waals surface area contributed by atoms with Crippen molar-refractivity contribution in [3.63, 3.8) is 0 Å². The third-order valence-corrected chi connectivity index (χ3v) is 11.0. The summed E-state index contributed by atoms with van der Waals surface area (Å²) >= 11 is 8.20. The highest BCUT2D eigenvalue weighted by Gasteiger charge is 2.89. The molecule has 182 valence electrons. The molecule has 0 N–H and O–H groups in total. The summed E-state index contributed by atoms with van der Waals surface area (Å²) in [6.07, 6.45) is -1.62. The maximum absolute atomic E-state index is 13.4. The van der Waals surface area contributed by atoms with Gasteiger partial charge >= 0.3 is 11.9 Å². The second-order valence-electron chi connectivity index (χ2n) is 9.65. The van der Waals surface area contributed by atoms with E-state index in [1.54, 1.807) is 48.5 Å². The zero-order valence-electron chi connectivity index (χ0n) is 19.4. The third-order valence-electron chi connectivity index (χ3n) is 8.08. The summed E-state index contributed by atoms with van der Waals surface area (Å²) in [4.78, 5) is 26.9. The van der Waals surface area contributed by atoms with E-state index in [9.17, 15) is 9.59 Å². The lowest BCUT2D eigenvalue weighted by molar-refractivity contribution is -0.0365. The van der Waals surface area contributed by atoms with Crippen LogP contribution in [0.3, 0.4) is 0 Å². The van der Waals surface area contributed by atoms with Crippen LogP contribution in [-0.2, 0) is 23.5 Å². The molecule has 0 aliphatic heterocycles. The van der Waals surface area contributed by atoms with Crippen LogP contribution in [0.4, 0.5) is 0 Å². The van der Waals surface area contributed by atoms with E-state index in [0.29, 0.717) is 11.1 Å². The fraction of sp³-hybridized carbons (Fsp3) is 0.161. The molecule has 4 aromatic rings. The van der Waals surface area contributed by atoms with Crippen molar-refractivity contribution < 1.29 is 19.1 Å². The molecule has 6 heteroatoms. The average Bonchev–Trinajstić information content (AvgIpc) is 3.05. The van der Waals surface area contributed by atoms with Gasteiger partial charge in [0.2, 0.25) is 0 Å². The lowest BCUT2D eigenvalue weighted by Gasteiger charge is -2.65. The molecule has 4 aromatic carbocycles. The number of halogens is 2. The van der Waals surface area contributed by atoms with Gasteiger partial charge in [0.25, 0.3) is 0 Å². The Morgan fingerprint density at radius 1 is 0.514 bits per heavy atom. The van der Waals surface area contributed by atoms with Gasteiger partial charge in [-0.1, -0.05) is 117 Å². The molecule has 0 bridgehead atoms. The Balaban J connectivity index is 1.42. The predicted molar refractivity (Wildman–Crippen MR) is 146 cm³/mol. The van der Waals surface area contributed by atoms with Gasteiger partial charge in [0, 0.05) is 0 Å². The Hall–Kier alpha value is -3.22. The summed E-state index contributed by atoms with van der Waals surface area (Å²) in [7, 11) is 0. The minimum Gasteiger partial charge on any atom is -0.453 e. The quantitative estimate of drug-likeness (QED) is 0.191. The molecule has 0 saturated heterocycles. The van der Waals surface area contributed by atoms with Crippen molar-refractivity contribution in [3.05, 3.63) is 143 Å². The van der Waals surface area contributed by atoms with Crippen LogP contribution >= 0.6 is 31.9 Å². The predicted octanol–water partition coefficient (Wildman–Crippen LogP) is 6.65. The third kappa shape index (κ3) is 2.62. The van der Waals surface area contributed by atoms with Crippen molar-refractivity contribution in [3.8, 4) is 0 Å². The number of rotatable bonds is 4. The van der Waals surface area contributed by atoms with Gasteiger partial charge in [-0.05, 0) is 46.5 Å². The summed E-state index contributed by atoms with van der Waals surface area (Å²) in [5.41, 5.74) is 4.58. The molecule has 3 aliphatic carbocycles. The molecule has 0 aromatic heterocycles. The Kier molecular flexibility index (Phi) is 4.89. The van der Waals surface area contributed by atoms with Gasteiger partial charge in [-0.3, -0.25) is 0 Å². The van der Waals surface area contributed by atoms with E-state index in [0.717, 1.165) is 22.3 Å². The van der Waals surface area contributed by atoms with E-state index in [-0.39, 0.29) is 0 Å². The van der Waals surface area contributed by atoms with Crippen LogP contribution in [0.2, 0.25) is 0 Å². The number of carbonyl (C=O) groups is 2. The highest BCUT2D eigenvalue weighted by atomic mass is 79.9. The molecule has 37 heavy (non-hydrogen) atoms. The number of carbonyl (C=O) groups excluding carboxylic acids is 2. The number of fused-ring (bicyclic) bond motifs is 4. The number of alkyl halides is 2. The lowest BCUT2D eigenvalue weighted by atomic mass is 9.43. The Labute approximate surface area is 230 Å². The minimum atomic E-state index is -0.811.